The maximum Gasteiger partial charge on any atom is 0.326 e. The summed E-state index contributed by atoms with van der Waals surface area (Å²) in [6.07, 6.45) is -5.93. The number of carbonyl (C=O) groups is 2. The van der Waals surface area contributed by atoms with Crippen molar-refractivity contribution in [2.24, 2.45) is 5.73 Å². The fraction of sp³-hybridized carbons (Fsp3) is 0.857. The Labute approximate surface area is 139 Å². The van der Waals surface area contributed by atoms with Crippen LogP contribution in [-0.4, -0.2) is 87.1 Å². The Balaban J connectivity index is 2.59. The summed E-state index contributed by atoms with van der Waals surface area (Å²) in [5.74, 6) is -1.87. The average Bonchev–Trinajstić information content (AvgIpc) is 2.54. The van der Waals surface area contributed by atoms with Crippen LogP contribution < -0.4 is 11.1 Å². The first-order valence-electron chi connectivity index (χ1n) is 7.84. The van der Waals surface area contributed by atoms with Crippen LogP contribution in [0.3, 0.4) is 0 Å². The van der Waals surface area contributed by atoms with Crippen molar-refractivity contribution in [3.63, 3.8) is 0 Å². The van der Waals surface area contributed by atoms with Gasteiger partial charge in [0.25, 0.3) is 0 Å². The van der Waals surface area contributed by atoms with Gasteiger partial charge < -0.3 is 41.3 Å². The summed E-state index contributed by atoms with van der Waals surface area (Å²) in [7, 11) is 0. The minimum Gasteiger partial charge on any atom is -0.480 e. The molecule has 6 atom stereocenters. The fourth-order valence-electron chi connectivity index (χ4n) is 2.53. The molecular formula is C14H26N2O8. The molecule has 0 aromatic heterocycles. The lowest BCUT2D eigenvalue weighted by Gasteiger charge is -2.39. The van der Waals surface area contributed by atoms with E-state index in [1.54, 1.807) is 0 Å². The SMILES string of the molecule is NCCCC[C@H](NC(=O)C[C@@H]1O[C@H](CO)[C@@H](O)[C@H](O)[C@@H]1O)C(=O)O. The summed E-state index contributed by atoms with van der Waals surface area (Å²) < 4.78 is 5.21. The van der Waals surface area contributed by atoms with Crippen LogP contribution in [0.25, 0.3) is 0 Å². The van der Waals surface area contributed by atoms with Crippen molar-refractivity contribution in [2.75, 3.05) is 13.2 Å². The Morgan fingerprint density at radius 3 is 2.25 bits per heavy atom. The molecule has 0 radical (unpaired) electrons. The highest BCUT2D eigenvalue weighted by Gasteiger charge is 2.44. The molecule has 140 valence electrons. The van der Waals surface area contributed by atoms with Gasteiger partial charge >= 0.3 is 5.97 Å². The van der Waals surface area contributed by atoms with Gasteiger partial charge in [-0.05, 0) is 25.8 Å². The van der Waals surface area contributed by atoms with E-state index >= 15 is 0 Å². The third-order valence-corrected chi connectivity index (χ3v) is 3.96. The monoisotopic (exact) mass is 350 g/mol. The van der Waals surface area contributed by atoms with E-state index in [0.717, 1.165) is 0 Å². The van der Waals surface area contributed by atoms with E-state index in [4.69, 9.17) is 20.7 Å². The molecule has 0 aliphatic carbocycles. The van der Waals surface area contributed by atoms with Crippen LogP contribution in [0, 0.1) is 0 Å². The van der Waals surface area contributed by atoms with Crippen molar-refractivity contribution in [1.29, 1.82) is 0 Å². The summed E-state index contributed by atoms with van der Waals surface area (Å²) in [6.45, 7) is -0.176. The molecule has 1 saturated heterocycles. The minimum absolute atomic E-state index is 0.215. The molecule has 0 spiro atoms. The molecule has 1 aliphatic heterocycles. The van der Waals surface area contributed by atoms with Crippen molar-refractivity contribution in [1.82, 2.24) is 5.32 Å². The van der Waals surface area contributed by atoms with Crippen LogP contribution in [-0.2, 0) is 14.3 Å². The van der Waals surface area contributed by atoms with Crippen LogP contribution >= 0.6 is 0 Å². The van der Waals surface area contributed by atoms with Crippen molar-refractivity contribution in [2.45, 2.75) is 62.2 Å². The first kappa shape index (κ1) is 20.7. The van der Waals surface area contributed by atoms with Crippen LogP contribution in [0.4, 0.5) is 0 Å². The zero-order valence-corrected chi connectivity index (χ0v) is 13.2. The molecule has 0 aromatic rings. The van der Waals surface area contributed by atoms with E-state index in [2.05, 4.69) is 5.32 Å². The fourth-order valence-corrected chi connectivity index (χ4v) is 2.53. The molecule has 0 bridgehead atoms. The van der Waals surface area contributed by atoms with E-state index in [0.29, 0.717) is 19.4 Å². The lowest BCUT2D eigenvalue weighted by Crippen LogP contribution is -2.59. The number of aliphatic carboxylic acids is 1. The van der Waals surface area contributed by atoms with Crippen LogP contribution in [0.15, 0.2) is 0 Å². The Hall–Kier alpha value is -1.30. The lowest BCUT2D eigenvalue weighted by molar-refractivity contribution is -0.229. The molecule has 1 rings (SSSR count). The topological polar surface area (TPSA) is 183 Å². The molecular weight excluding hydrogens is 324 g/mol. The number of aliphatic hydroxyl groups excluding tert-OH is 4. The summed E-state index contributed by atoms with van der Waals surface area (Å²) in [4.78, 5) is 23.1. The largest absolute Gasteiger partial charge is 0.480 e. The summed E-state index contributed by atoms with van der Waals surface area (Å²) in [6, 6.07) is -1.09. The van der Waals surface area contributed by atoms with Gasteiger partial charge in [-0.3, -0.25) is 4.79 Å². The number of hydrogen-bond acceptors (Lipinski definition) is 8. The van der Waals surface area contributed by atoms with E-state index in [1.165, 1.54) is 0 Å². The molecule has 1 heterocycles. The third kappa shape index (κ3) is 5.65. The van der Waals surface area contributed by atoms with E-state index < -0.39 is 61.5 Å². The molecule has 0 saturated carbocycles. The van der Waals surface area contributed by atoms with Crippen LogP contribution in [0.2, 0.25) is 0 Å². The van der Waals surface area contributed by atoms with Gasteiger partial charge in [-0.2, -0.15) is 0 Å². The van der Waals surface area contributed by atoms with Crippen molar-refractivity contribution < 1.29 is 39.9 Å². The maximum absolute atomic E-state index is 12.0. The second kappa shape index (κ2) is 9.87. The summed E-state index contributed by atoms with van der Waals surface area (Å²) >= 11 is 0. The van der Waals surface area contributed by atoms with Crippen LogP contribution in [0.5, 0.6) is 0 Å². The number of nitrogens with one attached hydrogen (secondary N) is 1. The average molecular weight is 350 g/mol. The molecule has 10 nitrogen and oxygen atoms in total. The predicted molar refractivity (Wildman–Crippen MR) is 80.9 cm³/mol. The first-order chi connectivity index (χ1) is 11.3. The highest BCUT2D eigenvalue weighted by atomic mass is 16.5. The van der Waals surface area contributed by atoms with Gasteiger partial charge in [-0.25, -0.2) is 4.79 Å². The minimum atomic E-state index is -1.58. The van der Waals surface area contributed by atoms with Gasteiger partial charge in [-0.1, -0.05) is 0 Å². The summed E-state index contributed by atoms with van der Waals surface area (Å²) in [5.41, 5.74) is 5.34. The molecule has 8 N–H and O–H groups in total. The molecule has 0 unspecified atom stereocenters. The Morgan fingerprint density at radius 2 is 1.71 bits per heavy atom. The quantitative estimate of drug-likeness (QED) is 0.212. The van der Waals surface area contributed by atoms with Crippen molar-refractivity contribution >= 4 is 11.9 Å². The van der Waals surface area contributed by atoms with E-state index in [1.807, 2.05) is 0 Å². The number of amides is 1. The number of nitrogens with two attached hydrogens (primary N) is 1. The Bertz CT molecular complexity index is 420. The molecule has 1 fully saturated rings. The van der Waals surface area contributed by atoms with Crippen LogP contribution in [0.1, 0.15) is 25.7 Å². The lowest BCUT2D eigenvalue weighted by atomic mass is 9.93. The van der Waals surface area contributed by atoms with Gasteiger partial charge in [0.2, 0.25) is 5.91 Å². The number of rotatable bonds is 9. The standard InChI is InChI=1S/C14H26N2O8/c15-4-2-1-3-7(14(22)23)16-10(18)5-8-11(19)13(21)12(20)9(6-17)24-8/h7-9,11-13,17,19-21H,1-6,15H2,(H,16,18)(H,22,23)/t7-,8-,9+,11+,12+,13+/m0/s1. The number of aliphatic hydroxyl groups is 4. The molecule has 1 aliphatic rings. The molecule has 10 heteroatoms. The maximum atomic E-state index is 12.0. The zero-order valence-electron chi connectivity index (χ0n) is 13.2. The van der Waals surface area contributed by atoms with Gasteiger partial charge in [0, 0.05) is 0 Å². The predicted octanol–water partition coefficient (Wildman–Crippen LogP) is -3.08. The second-order valence-electron chi connectivity index (χ2n) is 5.81. The number of carboxylic acid groups (broad SMARTS) is 1. The van der Waals surface area contributed by atoms with E-state index in [-0.39, 0.29) is 6.42 Å². The van der Waals surface area contributed by atoms with Crippen molar-refractivity contribution in [3.05, 3.63) is 0 Å². The number of hydrogen-bond donors (Lipinski definition) is 7. The van der Waals surface area contributed by atoms with Gasteiger partial charge in [0.1, 0.15) is 30.5 Å². The third-order valence-electron chi connectivity index (χ3n) is 3.96. The Morgan fingerprint density at radius 1 is 1.08 bits per heavy atom. The highest BCUT2D eigenvalue weighted by Crippen LogP contribution is 2.23. The van der Waals surface area contributed by atoms with E-state index in [9.17, 15) is 24.9 Å². The smallest absolute Gasteiger partial charge is 0.326 e. The normalized spacial score (nSPS) is 31.5. The van der Waals surface area contributed by atoms with Crippen molar-refractivity contribution in [3.8, 4) is 0 Å². The highest BCUT2D eigenvalue weighted by molar-refractivity contribution is 5.83. The number of carboxylic acids is 1. The zero-order chi connectivity index (χ0) is 18.3. The number of ether oxygens (including phenoxy) is 1. The van der Waals surface area contributed by atoms with Gasteiger partial charge in [-0.15, -0.1) is 0 Å². The molecule has 0 aromatic carbocycles. The summed E-state index contributed by atoms with van der Waals surface area (Å²) in [5, 5.41) is 49.7. The molecule has 1 amide bonds. The first-order valence-corrected chi connectivity index (χ1v) is 7.84. The molecule has 24 heavy (non-hydrogen) atoms. The second-order valence-corrected chi connectivity index (χ2v) is 5.81. The van der Waals surface area contributed by atoms with Gasteiger partial charge in [0.15, 0.2) is 0 Å². The van der Waals surface area contributed by atoms with Gasteiger partial charge in [0.05, 0.1) is 19.1 Å². The number of carbonyl (C=O) groups excluding carboxylic acids is 1. The Kier molecular flexibility index (Phi) is 8.53. The number of unbranched alkanes of at least 4 members (excludes halogenated alkanes) is 1.